The first-order valence-corrected chi connectivity index (χ1v) is 12.9. The van der Waals surface area contributed by atoms with E-state index in [0.717, 1.165) is 62.0 Å². The zero-order chi connectivity index (χ0) is 25.8. The van der Waals surface area contributed by atoms with Gasteiger partial charge in [0.05, 0.1) is 22.8 Å². The average Bonchev–Trinajstić information content (AvgIpc) is 2.96. The summed E-state index contributed by atoms with van der Waals surface area (Å²) in [5.41, 5.74) is 6.75. The van der Waals surface area contributed by atoms with E-state index in [1.54, 1.807) is 0 Å². The SMILES string of the molecule is [Zn].[Zn].c1ccc(CN(Cc2ccc(CN(Cc3ccccn3)Cc3ccccn3)cc2)Cc2ccccn2)nc1. The summed E-state index contributed by atoms with van der Waals surface area (Å²) >= 11 is 0. The zero-order valence-corrected chi connectivity index (χ0v) is 28.8. The van der Waals surface area contributed by atoms with Gasteiger partial charge in [0.25, 0.3) is 0 Å². The molecule has 0 atom stereocenters. The summed E-state index contributed by atoms with van der Waals surface area (Å²) in [4.78, 5) is 22.9. The molecule has 194 valence electrons. The van der Waals surface area contributed by atoms with Gasteiger partial charge in [-0.25, -0.2) is 0 Å². The second kappa shape index (κ2) is 16.9. The van der Waals surface area contributed by atoms with E-state index >= 15 is 0 Å². The molecule has 0 spiro atoms. The molecule has 0 aliphatic carbocycles. The predicted octanol–water partition coefficient (Wildman–Crippen LogP) is 5.67. The van der Waals surface area contributed by atoms with Crippen LogP contribution in [0.1, 0.15) is 33.9 Å². The van der Waals surface area contributed by atoms with Crippen molar-refractivity contribution in [3.8, 4) is 0 Å². The first kappa shape index (κ1) is 31.5. The van der Waals surface area contributed by atoms with Crippen molar-refractivity contribution in [2.45, 2.75) is 39.3 Å². The van der Waals surface area contributed by atoms with Crippen LogP contribution >= 0.6 is 0 Å². The first-order valence-electron chi connectivity index (χ1n) is 12.9. The molecule has 4 heterocycles. The molecule has 0 bridgehead atoms. The summed E-state index contributed by atoms with van der Waals surface area (Å²) < 4.78 is 0. The molecular weight excluding hydrogens is 599 g/mol. The van der Waals surface area contributed by atoms with Crippen molar-refractivity contribution in [3.05, 3.63) is 156 Å². The van der Waals surface area contributed by atoms with Gasteiger partial charge in [-0.15, -0.1) is 0 Å². The van der Waals surface area contributed by atoms with Crippen molar-refractivity contribution in [2.24, 2.45) is 0 Å². The number of nitrogens with zero attached hydrogens (tertiary/aromatic N) is 6. The molecule has 0 radical (unpaired) electrons. The second-order valence-electron chi connectivity index (χ2n) is 9.39. The van der Waals surface area contributed by atoms with Gasteiger partial charge in [0.1, 0.15) is 0 Å². The van der Waals surface area contributed by atoms with Gasteiger partial charge in [-0.3, -0.25) is 29.7 Å². The number of benzene rings is 1. The van der Waals surface area contributed by atoms with Crippen LogP contribution in [0.4, 0.5) is 0 Å². The molecule has 0 amide bonds. The van der Waals surface area contributed by atoms with Gasteiger partial charge in [0, 0.05) is 103 Å². The molecule has 5 rings (SSSR count). The van der Waals surface area contributed by atoms with Crippen LogP contribution in [0.5, 0.6) is 0 Å². The van der Waals surface area contributed by atoms with E-state index < -0.39 is 0 Å². The molecule has 0 N–H and O–H groups in total. The fraction of sp³-hybridized carbons (Fsp3) is 0.188. The van der Waals surface area contributed by atoms with Gasteiger partial charge in [-0.1, -0.05) is 48.5 Å². The van der Waals surface area contributed by atoms with Crippen LogP contribution in [0.3, 0.4) is 0 Å². The third kappa shape index (κ3) is 10.2. The molecule has 0 aliphatic heterocycles. The minimum atomic E-state index is 0. The maximum atomic E-state index is 4.54. The Hall–Kier alpha value is -3.01. The molecule has 8 heteroatoms. The summed E-state index contributed by atoms with van der Waals surface area (Å²) in [6, 6.07) is 33.2. The Morgan fingerprint density at radius 3 is 0.850 bits per heavy atom. The van der Waals surface area contributed by atoms with Gasteiger partial charge in [0.2, 0.25) is 0 Å². The molecule has 4 aromatic heterocycles. The molecule has 0 unspecified atom stereocenters. The van der Waals surface area contributed by atoms with E-state index in [2.05, 4.69) is 78.3 Å². The van der Waals surface area contributed by atoms with Gasteiger partial charge in [0.15, 0.2) is 0 Å². The molecule has 0 fully saturated rings. The summed E-state index contributed by atoms with van der Waals surface area (Å²) in [6.45, 7) is 4.70. The number of pyridine rings is 4. The normalized spacial score (nSPS) is 10.7. The van der Waals surface area contributed by atoms with Crippen molar-refractivity contribution in [3.63, 3.8) is 0 Å². The number of rotatable bonds is 12. The van der Waals surface area contributed by atoms with Crippen LogP contribution in [0.2, 0.25) is 0 Å². The maximum absolute atomic E-state index is 4.54. The summed E-state index contributed by atoms with van der Waals surface area (Å²) in [5, 5.41) is 0. The molecular formula is C32H32N6Zn2. The van der Waals surface area contributed by atoms with E-state index in [1.807, 2.05) is 73.3 Å². The number of aromatic nitrogens is 4. The van der Waals surface area contributed by atoms with Crippen LogP contribution in [0, 0.1) is 0 Å². The minimum Gasteiger partial charge on any atom is -0.287 e. The Labute approximate surface area is 262 Å². The molecule has 6 nitrogen and oxygen atoms in total. The Morgan fingerprint density at radius 2 is 0.625 bits per heavy atom. The smallest absolute Gasteiger partial charge is 0.0544 e. The summed E-state index contributed by atoms with van der Waals surface area (Å²) in [5.74, 6) is 0. The van der Waals surface area contributed by atoms with E-state index in [0.29, 0.717) is 0 Å². The Kier molecular flexibility index (Phi) is 13.3. The third-order valence-corrected chi connectivity index (χ3v) is 6.28. The second-order valence-corrected chi connectivity index (χ2v) is 9.39. The Bertz CT molecular complexity index is 1170. The van der Waals surface area contributed by atoms with Crippen LogP contribution < -0.4 is 0 Å². The van der Waals surface area contributed by atoms with E-state index in [4.69, 9.17) is 0 Å². The van der Waals surface area contributed by atoms with Crippen molar-refractivity contribution < 1.29 is 39.0 Å². The van der Waals surface area contributed by atoms with E-state index in [9.17, 15) is 0 Å². The van der Waals surface area contributed by atoms with E-state index in [-0.39, 0.29) is 39.0 Å². The van der Waals surface area contributed by atoms with Crippen molar-refractivity contribution in [2.75, 3.05) is 0 Å². The predicted molar refractivity (Wildman–Crippen MR) is 149 cm³/mol. The van der Waals surface area contributed by atoms with Gasteiger partial charge in [-0.2, -0.15) is 0 Å². The van der Waals surface area contributed by atoms with Gasteiger partial charge in [-0.05, 0) is 59.7 Å². The quantitative estimate of drug-likeness (QED) is 0.166. The molecule has 5 aromatic rings. The standard InChI is InChI=1S/C32H32N6.2Zn/c1-5-17-33-29(9-1)23-37(24-30-10-2-6-18-34-30)21-27-13-15-28(16-14-27)22-38(25-31-11-3-7-19-35-31)26-32-12-4-8-20-36-32;;/h1-20H,21-26H2;;. The number of hydrogen-bond acceptors (Lipinski definition) is 6. The molecule has 40 heavy (non-hydrogen) atoms. The Morgan fingerprint density at radius 1 is 0.350 bits per heavy atom. The average molecular weight is 631 g/mol. The monoisotopic (exact) mass is 628 g/mol. The molecule has 0 saturated carbocycles. The largest absolute Gasteiger partial charge is 0.287 e. The number of hydrogen-bond donors (Lipinski definition) is 0. The minimum absolute atomic E-state index is 0. The van der Waals surface area contributed by atoms with E-state index in [1.165, 1.54) is 11.1 Å². The van der Waals surface area contributed by atoms with Crippen LogP contribution in [0.25, 0.3) is 0 Å². The molecule has 0 saturated heterocycles. The fourth-order valence-electron chi connectivity index (χ4n) is 4.48. The first-order chi connectivity index (χ1) is 18.8. The maximum Gasteiger partial charge on any atom is 0.0544 e. The summed E-state index contributed by atoms with van der Waals surface area (Å²) in [6.07, 6.45) is 7.41. The van der Waals surface area contributed by atoms with Crippen LogP contribution in [-0.2, 0) is 78.2 Å². The van der Waals surface area contributed by atoms with Crippen LogP contribution in [-0.4, -0.2) is 29.7 Å². The van der Waals surface area contributed by atoms with Gasteiger partial charge >= 0.3 is 0 Å². The zero-order valence-electron chi connectivity index (χ0n) is 22.9. The Balaban J connectivity index is 0.00000220. The van der Waals surface area contributed by atoms with Crippen molar-refractivity contribution in [1.29, 1.82) is 0 Å². The molecule has 0 aliphatic rings. The van der Waals surface area contributed by atoms with Crippen molar-refractivity contribution >= 4 is 0 Å². The summed E-state index contributed by atoms with van der Waals surface area (Å²) in [7, 11) is 0. The molecule has 1 aromatic carbocycles. The van der Waals surface area contributed by atoms with Crippen LogP contribution in [0.15, 0.2) is 122 Å². The topological polar surface area (TPSA) is 58.0 Å². The third-order valence-electron chi connectivity index (χ3n) is 6.28. The van der Waals surface area contributed by atoms with Crippen molar-refractivity contribution in [1.82, 2.24) is 29.7 Å². The fourth-order valence-corrected chi connectivity index (χ4v) is 4.48. The van der Waals surface area contributed by atoms with Gasteiger partial charge < -0.3 is 0 Å².